The molecule has 1 aromatic heterocycles. The van der Waals surface area contributed by atoms with Gasteiger partial charge in [-0.2, -0.15) is 0 Å². The normalized spacial score (nSPS) is 12.2. The zero-order valence-corrected chi connectivity index (χ0v) is 20.1. The van der Waals surface area contributed by atoms with Gasteiger partial charge in [-0.25, -0.2) is 0 Å². The van der Waals surface area contributed by atoms with Crippen molar-refractivity contribution in [3.63, 3.8) is 0 Å². The Balaban J connectivity index is 1.81. The van der Waals surface area contributed by atoms with E-state index in [0.29, 0.717) is 23.0 Å². The van der Waals surface area contributed by atoms with Crippen LogP contribution in [-0.2, 0) is 12.3 Å². The van der Waals surface area contributed by atoms with Gasteiger partial charge in [0.15, 0.2) is 11.0 Å². The summed E-state index contributed by atoms with van der Waals surface area (Å²) in [4.78, 5) is 12.9. The van der Waals surface area contributed by atoms with E-state index in [1.807, 2.05) is 30.3 Å². The maximum absolute atomic E-state index is 12.9. The van der Waals surface area contributed by atoms with Crippen LogP contribution in [0.1, 0.15) is 55.0 Å². The van der Waals surface area contributed by atoms with E-state index in [9.17, 15) is 4.79 Å². The van der Waals surface area contributed by atoms with Crippen molar-refractivity contribution in [2.24, 2.45) is 5.92 Å². The number of amides is 1. The van der Waals surface area contributed by atoms with Crippen LogP contribution in [-0.4, -0.2) is 20.7 Å². The van der Waals surface area contributed by atoms with Crippen LogP contribution < -0.4 is 5.32 Å². The number of hydrogen-bond donors (Lipinski definition) is 1. The molecular formula is C23H26Cl2N4OS. The lowest BCUT2D eigenvalue weighted by Gasteiger charge is -2.21. The Morgan fingerprint density at radius 3 is 2.45 bits per heavy atom. The molecule has 5 nitrogen and oxygen atoms in total. The first kappa shape index (κ1) is 23.6. The summed E-state index contributed by atoms with van der Waals surface area (Å²) in [6.45, 7) is 7.01. The molecule has 0 aliphatic carbocycles. The van der Waals surface area contributed by atoms with Gasteiger partial charge in [0.05, 0.1) is 16.6 Å². The number of hydrogen-bond acceptors (Lipinski definition) is 4. The van der Waals surface area contributed by atoms with Crippen LogP contribution in [0.4, 0.5) is 0 Å². The van der Waals surface area contributed by atoms with Gasteiger partial charge in [-0.1, -0.05) is 73.1 Å². The van der Waals surface area contributed by atoms with E-state index >= 15 is 0 Å². The number of nitrogens with zero attached hydrogens (tertiary/aromatic N) is 3. The van der Waals surface area contributed by atoms with Crippen molar-refractivity contribution in [2.45, 2.75) is 50.7 Å². The summed E-state index contributed by atoms with van der Waals surface area (Å²) >= 11 is 13.8. The van der Waals surface area contributed by atoms with E-state index in [2.05, 4.69) is 40.9 Å². The Morgan fingerprint density at radius 2 is 1.81 bits per heavy atom. The van der Waals surface area contributed by atoms with E-state index in [1.165, 1.54) is 0 Å². The molecule has 1 N–H and O–H groups in total. The number of aromatic nitrogens is 3. The molecule has 0 saturated carbocycles. The molecule has 3 aromatic rings. The highest BCUT2D eigenvalue weighted by atomic mass is 35.5. The first-order valence-corrected chi connectivity index (χ1v) is 12.0. The molecule has 0 bridgehead atoms. The molecule has 3 rings (SSSR count). The van der Waals surface area contributed by atoms with Gasteiger partial charge in [0.25, 0.3) is 5.91 Å². The zero-order chi connectivity index (χ0) is 22.4. The molecule has 164 valence electrons. The molecule has 1 heterocycles. The molecule has 0 unspecified atom stereocenters. The quantitative estimate of drug-likeness (QED) is 0.362. The summed E-state index contributed by atoms with van der Waals surface area (Å²) in [6.07, 6.45) is 0.746. The van der Waals surface area contributed by atoms with Gasteiger partial charge in [-0.3, -0.25) is 4.79 Å². The molecule has 31 heavy (non-hydrogen) atoms. The molecule has 0 aliphatic heterocycles. The third-order valence-electron chi connectivity index (χ3n) is 4.79. The minimum Gasteiger partial charge on any atom is -0.342 e. The van der Waals surface area contributed by atoms with E-state index in [1.54, 1.807) is 30.0 Å². The van der Waals surface area contributed by atoms with Crippen LogP contribution in [0, 0.1) is 5.92 Å². The van der Waals surface area contributed by atoms with Crippen molar-refractivity contribution in [3.8, 4) is 0 Å². The van der Waals surface area contributed by atoms with Crippen LogP contribution >= 0.6 is 35.0 Å². The summed E-state index contributed by atoms with van der Waals surface area (Å²) in [7, 11) is 0. The molecule has 1 amide bonds. The molecule has 2 aromatic carbocycles. The van der Waals surface area contributed by atoms with Gasteiger partial charge in [-0.15, -0.1) is 10.2 Å². The van der Waals surface area contributed by atoms with Crippen molar-refractivity contribution in [1.29, 1.82) is 0 Å². The van der Waals surface area contributed by atoms with Gasteiger partial charge in [0.1, 0.15) is 0 Å². The molecule has 0 aliphatic rings. The van der Waals surface area contributed by atoms with E-state index in [4.69, 9.17) is 23.2 Å². The predicted molar refractivity (Wildman–Crippen MR) is 128 cm³/mol. The van der Waals surface area contributed by atoms with Crippen molar-refractivity contribution in [1.82, 2.24) is 20.1 Å². The second-order valence-corrected chi connectivity index (χ2v) is 9.42. The second-order valence-electron chi connectivity index (χ2n) is 7.64. The van der Waals surface area contributed by atoms with Crippen LogP contribution in [0.3, 0.4) is 0 Å². The fourth-order valence-electron chi connectivity index (χ4n) is 3.27. The first-order chi connectivity index (χ1) is 14.9. The van der Waals surface area contributed by atoms with Gasteiger partial charge < -0.3 is 9.88 Å². The Kier molecular flexibility index (Phi) is 8.41. The molecule has 8 heteroatoms. The lowest BCUT2D eigenvalue weighted by Crippen LogP contribution is -2.31. The van der Waals surface area contributed by atoms with E-state index < -0.39 is 0 Å². The largest absolute Gasteiger partial charge is 0.342 e. The zero-order valence-electron chi connectivity index (χ0n) is 17.8. The molecule has 1 atom stereocenters. The molecule has 0 spiro atoms. The Hall–Kier alpha value is -2.02. The summed E-state index contributed by atoms with van der Waals surface area (Å²) < 4.78 is 2.07. The number of benzene rings is 2. The number of halogens is 2. The third kappa shape index (κ3) is 6.25. The summed E-state index contributed by atoms with van der Waals surface area (Å²) in [6, 6.07) is 14.6. The fourth-order valence-corrected chi connectivity index (χ4v) is 4.58. The monoisotopic (exact) mass is 476 g/mol. The average molecular weight is 477 g/mol. The number of carbonyl (C=O) groups is 1. The van der Waals surface area contributed by atoms with Gasteiger partial charge in [-0.05, 0) is 49.1 Å². The number of thioether (sulfide) groups is 1. The smallest absolute Gasteiger partial charge is 0.253 e. The Labute approximate surface area is 197 Å². The molecule has 0 fully saturated rings. The van der Waals surface area contributed by atoms with E-state index in [0.717, 1.165) is 33.7 Å². The summed E-state index contributed by atoms with van der Waals surface area (Å²) in [5.74, 6) is 1.67. The Morgan fingerprint density at radius 1 is 1.10 bits per heavy atom. The molecular weight excluding hydrogens is 451 g/mol. The highest BCUT2D eigenvalue weighted by molar-refractivity contribution is 7.98. The minimum absolute atomic E-state index is 0.211. The predicted octanol–water partition coefficient (Wildman–Crippen LogP) is 6.41. The summed E-state index contributed by atoms with van der Waals surface area (Å²) in [5.41, 5.74) is 1.62. The average Bonchev–Trinajstić information content (AvgIpc) is 3.15. The maximum Gasteiger partial charge on any atom is 0.253 e. The van der Waals surface area contributed by atoms with Gasteiger partial charge in [0.2, 0.25) is 0 Å². The highest BCUT2D eigenvalue weighted by Gasteiger charge is 2.25. The lowest BCUT2D eigenvalue weighted by molar-refractivity contribution is 0.0929. The van der Waals surface area contributed by atoms with Gasteiger partial charge in [0, 0.05) is 17.3 Å². The number of rotatable bonds is 9. The topological polar surface area (TPSA) is 59.8 Å². The van der Waals surface area contributed by atoms with Gasteiger partial charge >= 0.3 is 0 Å². The maximum atomic E-state index is 12.9. The standard InChI is InChI=1S/C23H26Cl2N4OS/c1-4-29-21(27-28-23(29)31-14-16-9-11-17(24)12-10-16)20(13-15(2)3)26-22(30)18-7-5-6-8-19(18)25/h5-12,15,20H,4,13-14H2,1-3H3,(H,26,30)/t20-/m1/s1. The fraction of sp³-hybridized carbons (Fsp3) is 0.348. The number of carbonyl (C=O) groups excluding carboxylic acids is 1. The minimum atomic E-state index is -0.263. The van der Waals surface area contributed by atoms with Crippen molar-refractivity contribution >= 4 is 40.9 Å². The number of nitrogens with one attached hydrogen (secondary N) is 1. The first-order valence-electron chi connectivity index (χ1n) is 10.2. The van der Waals surface area contributed by atoms with Crippen LogP contribution in [0.5, 0.6) is 0 Å². The molecule has 0 saturated heterocycles. The van der Waals surface area contributed by atoms with Crippen LogP contribution in [0.2, 0.25) is 10.0 Å². The third-order valence-corrected chi connectivity index (χ3v) is 6.40. The van der Waals surface area contributed by atoms with Crippen molar-refractivity contribution in [2.75, 3.05) is 0 Å². The van der Waals surface area contributed by atoms with Crippen LogP contribution in [0.25, 0.3) is 0 Å². The summed E-state index contributed by atoms with van der Waals surface area (Å²) in [5, 5.41) is 14.0. The lowest BCUT2D eigenvalue weighted by atomic mass is 10.0. The van der Waals surface area contributed by atoms with Crippen molar-refractivity contribution in [3.05, 3.63) is 75.5 Å². The SMILES string of the molecule is CCn1c(SCc2ccc(Cl)cc2)nnc1[C@@H](CC(C)C)NC(=O)c1ccccc1Cl. The van der Waals surface area contributed by atoms with E-state index in [-0.39, 0.29) is 11.9 Å². The highest BCUT2D eigenvalue weighted by Crippen LogP contribution is 2.28. The van der Waals surface area contributed by atoms with Crippen molar-refractivity contribution < 1.29 is 4.79 Å². The Bertz CT molecular complexity index is 1020. The second kappa shape index (κ2) is 11.0. The van der Waals surface area contributed by atoms with Crippen LogP contribution in [0.15, 0.2) is 53.7 Å². The molecule has 0 radical (unpaired) electrons.